The van der Waals surface area contributed by atoms with Crippen LogP contribution in [0.15, 0.2) is 38.1 Å². The van der Waals surface area contributed by atoms with Gasteiger partial charge in [0, 0.05) is 23.1 Å². The normalized spacial score (nSPS) is 19.1. The molecular formula is C24H44Br2O4S2. The summed E-state index contributed by atoms with van der Waals surface area (Å²) in [6, 6.07) is 4.11. The molecule has 2 atom stereocenters. The molecule has 8 heteroatoms. The summed E-state index contributed by atoms with van der Waals surface area (Å²) in [5.41, 5.74) is 1.83. The summed E-state index contributed by atoms with van der Waals surface area (Å²) in [5.74, 6) is 0. The first kappa shape index (κ1) is 36.8. The fraction of sp³-hybridized carbons (Fsp3) is 0.667. The molecule has 0 saturated carbocycles. The molecule has 0 aromatic carbocycles. The Labute approximate surface area is 222 Å². The smallest absolute Gasteiger partial charge is 0.158 e. The van der Waals surface area contributed by atoms with Gasteiger partial charge >= 0.3 is 0 Å². The summed E-state index contributed by atoms with van der Waals surface area (Å²) in [7, 11) is 0. The number of hydrogen-bond acceptors (Lipinski definition) is 6. The SMILES string of the molecule is BrCOC1CCCCO1.Brc1ccsc1.C.C.C.C.c1cc(COC2CCCCO2)cs1. The highest BCUT2D eigenvalue weighted by Crippen LogP contribution is 2.16. The first-order valence-electron chi connectivity index (χ1n) is 9.49. The zero-order valence-electron chi connectivity index (χ0n) is 15.9. The summed E-state index contributed by atoms with van der Waals surface area (Å²) in [6.07, 6.45) is 7.01. The highest BCUT2D eigenvalue weighted by Gasteiger charge is 2.14. The third-order valence-corrected chi connectivity index (χ3v) is 6.50. The van der Waals surface area contributed by atoms with E-state index in [1.54, 1.807) is 22.7 Å². The van der Waals surface area contributed by atoms with Crippen LogP contribution in [-0.4, -0.2) is 31.3 Å². The van der Waals surface area contributed by atoms with Gasteiger partial charge in [-0.2, -0.15) is 22.7 Å². The largest absolute Gasteiger partial charge is 0.353 e. The van der Waals surface area contributed by atoms with E-state index >= 15 is 0 Å². The van der Waals surface area contributed by atoms with Crippen molar-refractivity contribution in [1.82, 2.24) is 0 Å². The predicted molar refractivity (Wildman–Crippen MR) is 150 cm³/mol. The summed E-state index contributed by atoms with van der Waals surface area (Å²) in [4.78, 5) is 0. The fourth-order valence-electron chi connectivity index (χ4n) is 2.57. The predicted octanol–water partition coefficient (Wildman–Crippen LogP) is 9.73. The Morgan fingerprint density at radius 3 is 1.75 bits per heavy atom. The van der Waals surface area contributed by atoms with E-state index in [1.807, 2.05) is 16.8 Å². The Balaban J connectivity index is -0.000000394. The lowest BCUT2D eigenvalue weighted by Gasteiger charge is -2.22. The van der Waals surface area contributed by atoms with Gasteiger partial charge in [0.1, 0.15) is 5.52 Å². The van der Waals surface area contributed by atoms with Gasteiger partial charge in [0.05, 0.1) is 6.61 Å². The molecule has 4 heterocycles. The van der Waals surface area contributed by atoms with Crippen LogP contribution >= 0.6 is 54.5 Å². The number of rotatable bonds is 5. The highest BCUT2D eigenvalue weighted by molar-refractivity contribution is 9.10. The average molecular weight is 621 g/mol. The van der Waals surface area contributed by atoms with Gasteiger partial charge in [-0.15, -0.1) is 0 Å². The van der Waals surface area contributed by atoms with Crippen LogP contribution in [0, 0.1) is 0 Å². The molecular weight excluding hydrogens is 576 g/mol. The number of halogens is 2. The quantitative estimate of drug-likeness (QED) is 0.312. The van der Waals surface area contributed by atoms with E-state index < -0.39 is 0 Å². The van der Waals surface area contributed by atoms with Crippen molar-refractivity contribution in [2.75, 3.05) is 18.7 Å². The first-order chi connectivity index (χ1) is 13.8. The maximum absolute atomic E-state index is 5.61. The van der Waals surface area contributed by atoms with Crippen LogP contribution in [0.3, 0.4) is 0 Å². The average Bonchev–Trinajstić information content (AvgIpc) is 3.43. The minimum Gasteiger partial charge on any atom is -0.353 e. The Bertz CT molecular complexity index is 568. The molecule has 0 amide bonds. The molecule has 2 aliphatic heterocycles. The monoisotopic (exact) mass is 618 g/mol. The second kappa shape index (κ2) is 24.3. The second-order valence-corrected chi connectivity index (χ2v) is 9.19. The number of ether oxygens (including phenoxy) is 4. The number of thiophene rings is 2. The Morgan fingerprint density at radius 2 is 1.38 bits per heavy atom. The maximum atomic E-state index is 5.61. The molecule has 190 valence electrons. The van der Waals surface area contributed by atoms with Crippen LogP contribution in [0.1, 0.15) is 73.8 Å². The van der Waals surface area contributed by atoms with Crippen LogP contribution in [0.25, 0.3) is 0 Å². The molecule has 4 nitrogen and oxygen atoms in total. The third-order valence-electron chi connectivity index (χ3n) is 4.03. The maximum Gasteiger partial charge on any atom is 0.158 e. The van der Waals surface area contributed by atoms with Gasteiger partial charge in [0.25, 0.3) is 0 Å². The van der Waals surface area contributed by atoms with E-state index in [0.29, 0.717) is 12.1 Å². The standard InChI is InChI=1S/C10H14O2S.C6H11BrO2.C4H3BrS.4CH4/c1-2-5-11-10(3-1)12-7-9-4-6-13-8-9;7-5-9-6-3-1-2-4-8-6;5-4-1-2-6-3-4;;;;/h4,6,8,10H,1-3,5,7H2;6H,1-5H2;1-3H;4*1H4. The molecule has 2 aromatic rings. The van der Waals surface area contributed by atoms with Crippen LogP contribution in [0.2, 0.25) is 0 Å². The van der Waals surface area contributed by atoms with Crippen molar-refractivity contribution in [2.45, 2.75) is 87.4 Å². The van der Waals surface area contributed by atoms with Gasteiger partial charge in [-0.25, -0.2) is 0 Å². The summed E-state index contributed by atoms with van der Waals surface area (Å²) < 4.78 is 22.7. The molecule has 0 radical (unpaired) electrons. The van der Waals surface area contributed by atoms with Crippen LogP contribution in [-0.2, 0) is 25.6 Å². The van der Waals surface area contributed by atoms with Gasteiger partial charge < -0.3 is 18.9 Å². The van der Waals surface area contributed by atoms with Crippen molar-refractivity contribution in [2.24, 2.45) is 0 Å². The van der Waals surface area contributed by atoms with Crippen molar-refractivity contribution in [3.63, 3.8) is 0 Å². The van der Waals surface area contributed by atoms with E-state index in [2.05, 4.69) is 48.7 Å². The van der Waals surface area contributed by atoms with E-state index in [4.69, 9.17) is 18.9 Å². The lowest BCUT2D eigenvalue weighted by molar-refractivity contribution is -0.168. The Morgan fingerprint density at radius 1 is 0.812 bits per heavy atom. The summed E-state index contributed by atoms with van der Waals surface area (Å²) in [6.45, 7) is 2.40. The molecule has 2 aromatic heterocycles. The second-order valence-electron chi connectivity index (χ2n) is 6.25. The molecule has 0 bridgehead atoms. The van der Waals surface area contributed by atoms with Crippen molar-refractivity contribution >= 4 is 54.5 Å². The molecule has 2 saturated heterocycles. The molecule has 2 aliphatic rings. The fourth-order valence-corrected chi connectivity index (χ4v) is 4.66. The summed E-state index contributed by atoms with van der Waals surface area (Å²) >= 11 is 9.87. The third kappa shape index (κ3) is 17.6. The van der Waals surface area contributed by atoms with E-state index in [1.165, 1.54) is 35.7 Å². The van der Waals surface area contributed by atoms with E-state index in [9.17, 15) is 0 Å². The highest BCUT2D eigenvalue weighted by atomic mass is 79.9. The van der Waals surface area contributed by atoms with Gasteiger partial charge in [-0.1, -0.05) is 45.6 Å². The molecule has 2 fully saturated rings. The zero-order chi connectivity index (χ0) is 19.9. The van der Waals surface area contributed by atoms with Gasteiger partial charge in [0.15, 0.2) is 12.6 Å². The van der Waals surface area contributed by atoms with Crippen LogP contribution in [0.5, 0.6) is 0 Å². The Hall–Kier alpha value is 0.200. The number of alkyl halides is 1. The van der Waals surface area contributed by atoms with Gasteiger partial charge in [-0.3, -0.25) is 0 Å². The lowest BCUT2D eigenvalue weighted by atomic mass is 10.2. The lowest BCUT2D eigenvalue weighted by Crippen LogP contribution is -2.21. The topological polar surface area (TPSA) is 36.9 Å². The molecule has 0 N–H and O–H groups in total. The van der Waals surface area contributed by atoms with Crippen LogP contribution < -0.4 is 0 Å². The van der Waals surface area contributed by atoms with Crippen molar-refractivity contribution in [3.05, 3.63) is 43.7 Å². The summed E-state index contributed by atoms with van der Waals surface area (Å²) in [5, 5.41) is 8.26. The van der Waals surface area contributed by atoms with Crippen molar-refractivity contribution in [3.8, 4) is 0 Å². The van der Waals surface area contributed by atoms with E-state index in [-0.39, 0.29) is 42.3 Å². The molecule has 4 rings (SSSR count). The molecule has 0 aliphatic carbocycles. The van der Waals surface area contributed by atoms with Crippen molar-refractivity contribution < 1.29 is 18.9 Å². The van der Waals surface area contributed by atoms with Gasteiger partial charge in [-0.05, 0) is 88.3 Å². The van der Waals surface area contributed by atoms with Gasteiger partial charge in [0.2, 0.25) is 0 Å². The van der Waals surface area contributed by atoms with Crippen molar-refractivity contribution in [1.29, 1.82) is 0 Å². The zero-order valence-corrected chi connectivity index (χ0v) is 20.7. The minimum absolute atomic E-state index is 0. The van der Waals surface area contributed by atoms with E-state index in [0.717, 1.165) is 26.1 Å². The number of hydrogen-bond donors (Lipinski definition) is 0. The molecule has 0 spiro atoms. The molecule has 2 unspecified atom stereocenters. The van der Waals surface area contributed by atoms with Crippen LogP contribution in [0.4, 0.5) is 0 Å². The minimum atomic E-state index is 0. The first-order valence-corrected chi connectivity index (χ1v) is 13.3. The molecule has 32 heavy (non-hydrogen) atoms. The Kier molecular flexibility index (Phi) is 27.9.